The number of likely N-dealkylation sites (tertiary alicyclic amines) is 1. The first-order valence-electron chi connectivity index (χ1n) is 8.73. The second kappa shape index (κ2) is 5.56. The second-order valence-electron chi connectivity index (χ2n) is 7.53. The van der Waals surface area contributed by atoms with Crippen LogP contribution in [0.4, 0.5) is 0 Å². The van der Waals surface area contributed by atoms with E-state index in [0.29, 0.717) is 31.8 Å². The van der Waals surface area contributed by atoms with E-state index in [0.717, 1.165) is 6.54 Å². The van der Waals surface area contributed by atoms with Gasteiger partial charge >= 0.3 is 0 Å². The van der Waals surface area contributed by atoms with Crippen molar-refractivity contribution in [1.82, 2.24) is 9.21 Å². The zero-order chi connectivity index (χ0) is 16.9. The van der Waals surface area contributed by atoms with E-state index in [1.807, 2.05) is 23.1 Å². The Morgan fingerprint density at radius 2 is 1.75 bits per heavy atom. The summed E-state index contributed by atoms with van der Waals surface area (Å²) in [7, 11) is -3.17. The number of β-lactam (4-membered cyclic amide) rings is 1. The normalized spacial score (nSPS) is 27.3. The van der Waals surface area contributed by atoms with Gasteiger partial charge in [0.1, 0.15) is 0 Å². The number of sulfonamides is 1. The zero-order valence-corrected chi connectivity index (χ0v) is 14.8. The Kier molecular flexibility index (Phi) is 3.73. The molecule has 0 N–H and O–H groups in total. The number of hydrogen-bond acceptors (Lipinski definition) is 3. The van der Waals surface area contributed by atoms with E-state index in [4.69, 9.17) is 0 Å². The average Bonchev–Trinajstić information content (AvgIpc) is 3.38. The highest BCUT2D eigenvalue weighted by molar-refractivity contribution is 7.88. The molecule has 0 bridgehead atoms. The molecule has 0 unspecified atom stereocenters. The molecule has 1 aromatic carbocycles. The summed E-state index contributed by atoms with van der Waals surface area (Å²) in [5.74, 6) is 0.894. The molecule has 2 aliphatic heterocycles. The van der Waals surface area contributed by atoms with Gasteiger partial charge in [0.2, 0.25) is 15.9 Å². The van der Waals surface area contributed by atoms with Crippen molar-refractivity contribution < 1.29 is 13.2 Å². The van der Waals surface area contributed by atoms with Crippen molar-refractivity contribution in [2.75, 3.05) is 25.9 Å². The summed E-state index contributed by atoms with van der Waals surface area (Å²) >= 11 is 0. The lowest BCUT2D eigenvalue weighted by Gasteiger charge is -2.59. The molecule has 0 aromatic heterocycles. The van der Waals surface area contributed by atoms with Gasteiger partial charge in [-0.1, -0.05) is 30.3 Å². The van der Waals surface area contributed by atoms with Crippen LogP contribution in [0.3, 0.4) is 0 Å². The Morgan fingerprint density at radius 3 is 2.29 bits per heavy atom. The van der Waals surface area contributed by atoms with Gasteiger partial charge in [0.15, 0.2) is 0 Å². The highest BCUT2D eigenvalue weighted by Crippen LogP contribution is 2.57. The van der Waals surface area contributed by atoms with Gasteiger partial charge < -0.3 is 4.90 Å². The summed E-state index contributed by atoms with van der Waals surface area (Å²) in [5, 5.41) is 0. The van der Waals surface area contributed by atoms with Crippen LogP contribution in [0.2, 0.25) is 0 Å². The van der Waals surface area contributed by atoms with Crippen molar-refractivity contribution >= 4 is 15.9 Å². The maximum absolute atomic E-state index is 13.0. The SMILES string of the molecule is CS(=O)(=O)N1CCC2(CC1)C(=O)N(CC1CC1)[C@H]2c1ccccc1. The van der Waals surface area contributed by atoms with Crippen LogP contribution in [-0.4, -0.2) is 49.4 Å². The zero-order valence-electron chi connectivity index (χ0n) is 14.0. The van der Waals surface area contributed by atoms with Crippen LogP contribution in [-0.2, 0) is 14.8 Å². The summed E-state index contributed by atoms with van der Waals surface area (Å²) in [4.78, 5) is 15.0. The second-order valence-corrected chi connectivity index (χ2v) is 9.51. The van der Waals surface area contributed by atoms with E-state index < -0.39 is 15.4 Å². The lowest BCUT2D eigenvalue weighted by molar-refractivity contribution is -0.179. The van der Waals surface area contributed by atoms with Gasteiger partial charge in [-0.3, -0.25) is 4.79 Å². The first-order chi connectivity index (χ1) is 11.4. The Hall–Kier alpha value is -1.40. The Labute approximate surface area is 143 Å². The largest absolute Gasteiger partial charge is 0.334 e. The summed E-state index contributed by atoms with van der Waals surface area (Å²) in [5.41, 5.74) is 0.780. The quantitative estimate of drug-likeness (QED) is 0.782. The molecule has 130 valence electrons. The molecule has 6 heteroatoms. The van der Waals surface area contributed by atoms with E-state index in [1.54, 1.807) is 0 Å². The molecule has 5 nitrogen and oxygen atoms in total. The van der Waals surface area contributed by atoms with Gasteiger partial charge in [-0.05, 0) is 37.2 Å². The Morgan fingerprint density at radius 1 is 1.12 bits per heavy atom. The van der Waals surface area contributed by atoms with Crippen LogP contribution in [0.25, 0.3) is 0 Å². The number of benzene rings is 1. The minimum absolute atomic E-state index is 0.105. The van der Waals surface area contributed by atoms with Crippen LogP contribution in [0.1, 0.15) is 37.3 Å². The fourth-order valence-electron chi connectivity index (χ4n) is 4.36. The van der Waals surface area contributed by atoms with Crippen molar-refractivity contribution in [3.05, 3.63) is 35.9 Å². The lowest BCUT2D eigenvalue weighted by atomic mass is 9.62. The number of rotatable bonds is 4. The van der Waals surface area contributed by atoms with Gasteiger partial charge in [-0.2, -0.15) is 0 Å². The van der Waals surface area contributed by atoms with Gasteiger partial charge in [0, 0.05) is 19.6 Å². The Bertz CT molecular complexity index is 735. The number of amides is 1. The molecule has 4 rings (SSSR count). The number of hydrogen-bond donors (Lipinski definition) is 0. The molecule has 24 heavy (non-hydrogen) atoms. The fourth-order valence-corrected chi connectivity index (χ4v) is 5.20. The van der Waals surface area contributed by atoms with Crippen LogP contribution in [0.5, 0.6) is 0 Å². The summed E-state index contributed by atoms with van der Waals surface area (Å²) in [6, 6.07) is 10.3. The molecule has 0 radical (unpaired) electrons. The minimum atomic E-state index is -3.17. The molecule has 1 aliphatic carbocycles. The smallest absolute Gasteiger partial charge is 0.231 e. The van der Waals surface area contributed by atoms with E-state index in [9.17, 15) is 13.2 Å². The van der Waals surface area contributed by atoms with E-state index in [2.05, 4.69) is 12.1 Å². The molecule has 1 atom stereocenters. The predicted molar refractivity (Wildman–Crippen MR) is 91.7 cm³/mol. The highest BCUT2D eigenvalue weighted by Gasteiger charge is 2.62. The summed E-state index contributed by atoms with van der Waals surface area (Å²) < 4.78 is 25.1. The Balaban J connectivity index is 1.60. The monoisotopic (exact) mass is 348 g/mol. The molecular weight excluding hydrogens is 324 g/mol. The summed E-state index contributed by atoms with van der Waals surface area (Å²) in [6.45, 7) is 1.76. The van der Waals surface area contributed by atoms with Gasteiger partial charge in [-0.15, -0.1) is 0 Å². The van der Waals surface area contributed by atoms with E-state index in [-0.39, 0.29) is 11.9 Å². The predicted octanol–water partition coefficient (Wildman–Crippen LogP) is 2.02. The molecule has 2 saturated heterocycles. The molecular formula is C18H24N2O3S. The van der Waals surface area contributed by atoms with Crippen LogP contribution in [0, 0.1) is 11.3 Å². The van der Waals surface area contributed by atoms with Gasteiger partial charge in [0.25, 0.3) is 0 Å². The molecule has 1 saturated carbocycles. The maximum atomic E-state index is 13.0. The minimum Gasteiger partial charge on any atom is -0.334 e. The number of piperidine rings is 1. The van der Waals surface area contributed by atoms with E-state index in [1.165, 1.54) is 29.0 Å². The first kappa shape index (κ1) is 16.1. The van der Waals surface area contributed by atoms with Crippen LogP contribution >= 0.6 is 0 Å². The fraction of sp³-hybridized carbons (Fsp3) is 0.611. The van der Waals surface area contributed by atoms with Crippen molar-refractivity contribution in [3.63, 3.8) is 0 Å². The third kappa shape index (κ3) is 2.56. The number of carbonyl (C=O) groups excluding carboxylic acids is 1. The topological polar surface area (TPSA) is 57.7 Å². The van der Waals surface area contributed by atoms with Crippen molar-refractivity contribution in [2.24, 2.45) is 11.3 Å². The molecule has 3 aliphatic rings. The highest BCUT2D eigenvalue weighted by atomic mass is 32.2. The molecule has 1 spiro atoms. The van der Waals surface area contributed by atoms with Gasteiger partial charge in [0.05, 0.1) is 17.7 Å². The third-order valence-corrected chi connectivity index (χ3v) is 7.18. The average molecular weight is 348 g/mol. The molecule has 2 heterocycles. The standard InChI is InChI=1S/C18H24N2O3S/c1-24(22,23)19-11-9-18(10-12-19)16(15-5-3-2-4-6-15)20(17(18)21)13-14-7-8-14/h2-6,14,16H,7-13H2,1H3/t16-/m0/s1. The van der Waals surface area contributed by atoms with Gasteiger partial charge in [-0.25, -0.2) is 12.7 Å². The third-order valence-electron chi connectivity index (χ3n) is 5.87. The van der Waals surface area contributed by atoms with Crippen LogP contribution < -0.4 is 0 Å². The molecule has 3 fully saturated rings. The van der Waals surface area contributed by atoms with Crippen LogP contribution in [0.15, 0.2) is 30.3 Å². The first-order valence-corrected chi connectivity index (χ1v) is 10.6. The molecule has 1 aromatic rings. The number of nitrogens with zero attached hydrogens (tertiary/aromatic N) is 2. The lowest BCUT2D eigenvalue weighted by Crippen LogP contribution is -2.66. The van der Waals surface area contributed by atoms with Crippen molar-refractivity contribution in [2.45, 2.75) is 31.7 Å². The maximum Gasteiger partial charge on any atom is 0.231 e. The van der Waals surface area contributed by atoms with Crippen molar-refractivity contribution in [1.29, 1.82) is 0 Å². The number of carbonyl (C=O) groups is 1. The van der Waals surface area contributed by atoms with E-state index >= 15 is 0 Å². The molecule has 1 amide bonds. The van der Waals surface area contributed by atoms with Crippen molar-refractivity contribution in [3.8, 4) is 0 Å². The summed E-state index contributed by atoms with van der Waals surface area (Å²) in [6.07, 6.45) is 4.95.